The van der Waals surface area contributed by atoms with Gasteiger partial charge in [0.2, 0.25) is 10.0 Å². The maximum Gasteiger partial charge on any atom is 0.216 e. The van der Waals surface area contributed by atoms with Gasteiger partial charge in [-0.05, 0) is 35.1 Å². The van der Waals surface area contributed by atoms with E-state index in [0.29, 0.717) is 6.42 Å². The van der Waals surface area contributed by atoms with Gasteiger partial charge in [-0.1, -0.05) is 60.7 Å². The van der Waals surface area contributed by atoms with E-state index in [0.717, 1.165) is 26.7 Å². The van der Waals surface area contributed by atoms with Crippen LogP contribution in [-0.4, -0.2) is 13.4 Å². The quantitative estimate of drug-likeness (QED) is 0.417. The number of rotatable bonds is 8. The van der Waals surface area contributed by atoms with Crippen molar-refractivity contribution in [1.29, 1.82) is 0 Å². The molecule has 0 fully saturated rings. The van der Waals surface area contributed by atoms with Crippen LogP contribution >= 0.6 is 22.7 Å². The number of thiazole rings is 1. The normalized spacial score (nSPS) is 12.7. The molecule has 0 aliphatic heterocycles. The van der Waals surface area contributed by atoms with E-state index in [-0.39, 0.29) is 5.75 Å². The minimum absolute atomic E-state index is 0.0607. The molecule has 0 spiro atoms. The maximum absolute atomic E-state index is 12.9. The monoisotopic (exact) mass is 439 g/mol. The summed E-state index contributed by atoms with van der Waals surface area (Å²) in [6.07, 6.45) is 0.524. The Bertz CT molecular complexity index is 1140. The molecule has 147 valence electrons. The van der Waals surface area contributed by atoms with Crippen LogP contribution in [0.2, 0.25) is 0 Å². The first-order chi connectivity index (χ1) is 14.1. The molecule has 7 heteroatoms. The first-order valence-corrected chi connectivity index (χ1v) is 12.5. The molecule has 0 saturated carbocycles. The van der Waals surface area contributed by atoms with Crippen LogP contribution in [0.25, 0.3) is 9.88 Å². The highest BCUT2D eigenvalue weighted by Gasteiger charge is 2.23. The number of nitrogens with one attached hydrogen (secondary N) is 1. The minimum atomic E-state index is -3.54. The van der Waals surface area contributed by atoms with Crippen LogP contribution in [0, 0.1) is 6.07 Å². The van der Waals surface area contributed by atoms with E-state index in [9.17, 15) is 8.42 Å². The SMILES string of the molecule is O=S(=O)(Cc1ccccc1)N[C@@H](Cc1cc[c]cc1)c1csc(-c2cccs2)n1. The van der Waals surface area contributed by atoms with Crippen molar-refractivity contribution in [3.05, 3.63) is 100 Å². The second kappa shape index (κ2) is 9.00. The Morgan fingerprint density at radius 2 is 1.76 bits per heavy atom. The van der Waals surface area contributed by atoms with Gasteiger partial charge in [0.1, 0.15) is 5.01 Å². The van der Waals surface area contributed by atoms with E-state index >= 15 is 0 Å². The summed E-state index contributed by atoms with van der Waals surface area (Å²) in [5.41, 5.74) is 2.52. The van der Waals surface area contributed by atoms with Gasteiger partial charge in [0.15, 0.2) is 0 Å². The van der Waals surface area contributed by atoms with Crippen molar-refractivity contribution in [2.45, 2.75) is 18.2 Å². The molecule has 2 heterocycles. The number of benzene rings is 2. The molecule has 0 amide bonds. The fraction of sp³-hybridized carbons (Fsp3) is 0.136. The molecule has 0 bridgehead atoms. The van der Waals surface area contributed by atoms with Crippen LogP contribution in [0.15, 0.2) is 77.5 Å². The summed E-state index contributed by atoms with van der Waals surface area (Å²) < 4.78 is 28.6. The maximum atomic E-state index is 12.9. The fourth-order valence-electron chi connectivity index (χ4n) is 3.01. The van der Waals surface area contributed by atoms with Gasteiger partial charge in [-0.15, -0.1) is 22.7 Å². The Balaban J connectivity index is 1.60. The predicted octanol–water partition coefficient (Wildman–Crippen LogP) is 5.08. The van der Waals surface area contributed by atoms with Gasteiger partial charge >= 0.3 is 0 Å². The molecule has 4 rings (SSSR count). The van der Waals surface area contributed by atoms with E-state index < -0.39 is 16.1 Å². The standard InChI is InChI=1S/C22H19N2O2S3/c25-29(26,16-18-10-5-2-6-11-18)24-19(14-17-8-3-1-4-9-17)20-15-28-22(23-20)21-12-7-13-27-21/h2-13,15,19,24H,14,16H2/t19-/m0/s1. The highest BCUT2D eigenvalue weighted by molar-refractivity contribution is 7.88. The molecule has 0 unspecified atom stereocenters. The van der Waals surface area contributed by atoms with Gasteiger partial charge in [0.25, 0.3) is 0 Å². The van der Waals surface area contributed by atoms with Crippen molar-refractivity contribution < 1.29 is 8.42 Å². The molecule has 4 aromatic rings. The summed E-state index contributed by atoms with van der Waals surface area (Å²) in [6, 6.07) is 23.3. The molecule has 29 heavy (non-hydrogen) atoms. The molecule has 0 aliphatic carbocycles. The molecular formula is C22H19N2O2S3. The van der Waals surface area contributed by atoms with Crippen LogP contribution in [0.5, 0.6) is 0 Å². The highest BCUT2D eigenvalue weighted by Crippen LogP contribution is 2.31. The first-order valence-electron chi connectivity index (χ1n) is 9.07. The summed E-state index contributed by atoms with van der Waals surface area (Å²) in [4.78, 5) is 5.82. The van der Waals surface area contributed by atoms with E-state index in [1.165, 1.54) is 11.3 Å². The average Bonchev–Trinajstić information content (AvgIpc) is 3.40. The molecule has 1 N–H and O–H groups in total. The molecule has 0 aliphatic rings. The second-order valence-electron chi connectivity index (χ2n) is 6.58. The van der Waals surface area contributed by atoms with E-state index in [1.54, 1.807) is 11.3 Å². The molecule has 1 radical (unpaired) electrons. The van der Waals surface area contributed by atoms with Crippen LogP contribution in [-0.2, 0) is 22.2 Å². The highest BCUT2D eigenvalue weighted by atomic mass is 32.2. The lowest BCUT2D eigenvalue weighted by atomic mass is 10.1. The van der Waals surface area contributed by atoms with Gasteiger partial charge in [-0.2, -0.15) is 0 Å². The first kappa shape index (κ1) is 20.0. The van der Waals surface area contributed by atoms with Crippen molar-refractivity contribution >= 4 is 32.7 Å². The number of hydrogen-bond donors (Lipinski definition) is 1. The zero-order valence-corrected chi connectivity index (χ0v) is 17.9. The molecular weight excluding hydrogens is 420 g/mol. The summed E-state index contributed by atoms with van der Waals surface area (Å²) in [6.45, 7) is 0. The topological polar surface area (TPSA) is 59.1 Å². The summed E-state index contributed by atoms with van der Waals surface area (Å²) in [5.74, 6) is -0.0607. The lowest BCUT2D eigenvalue weighted by molar-refractivity contribution is 0.550. The van der Waals surface area contributed by atoms with Crippen LogP contribution in [0.1, 0.15) is 22.9 Å². The smallest absolute Gasteiger partial charge is 0.216 e. The van der Waals surface area contributed by atoms with Gasteiger partial charge < -0.3 is 0 Å². The number of hydrogen-bond acceptors (Lipinski definition) is 5. The minimum Gasteiger partial charge on any atom is -0.239 e. The Hall–Kier alpha value is -2.32. The Kier molecular flexibility index (Phi) is 6.20. The second-order valence-corrected chi connectivity index (χ2v) is 10.1. The van der Waals surface area contributed by atoms with E-state index in [4.69, 9.17) is 4.98 Å². The van der Waals surface area contributed by atoms with E-state index in [1.807, 2.05) is 77.5 Å². The Morgan fingerprint density at radius 1 is 0.966 bits per heavy atom. The molecule has 2 aromatic carbocycles. The van der Waals surface area contributed by atoms with Gasteiger partial charge in [0, 0.05) is 5.38 Å². The molecule has 0 saturated heterocycles. The van der Waals surface area contributed by atoms with Crippen molar-refractivity contribution in [3.63, 3.8) is 0 Å². The predicted molar refractivity (Wildman–Crippen MR) is 119 cm³/mol. The van der Waals surface area contributed by atoms with Gasteiger partial charge in [-0.3, -0.25) is 0 Å². The van der Waals surface area contributed by atoms with Crippen molar-refractivity contribution in [3.8, 4) is 9.88 Å². The van der Waals surface area contributed by atoms with Crippen molar-refractivity contribution in [2.75, 3.05) is 0 Å². The number of thiophene rings is 1. The van der Waals surface area contributed by atoms with Gasteiger partial charge in [-0.25, -0.2) is 18.1 Å². The lowest BCUT2D eigenvalue weighted by Gasteiger charge is -2.17. The number of nitrogens with zero attached hydrogens (tertiary/aromatic N) is 1. The van der Waals surface area contributed by atoms with Gasteiger partial charge in [0.05, 0.1) is 22.4 Å². The average molecular weight is 440 g/mol. The van der Waals surface area contributed by atoms with Crippen LogP contribution in [0.3, 0.4) is 0 Å². The summed E-state index contributed by atoms with van der Waals surface area (Å²) >= 11 is 3.16. The van der Waals surface area contributed by atoms with Crippen molar-refractivity contribution in [1.82, 2.24) is 9.71 Å². The zero-order valence-electron chi connectivity index (χ0n) is 15.5. The third-order valence-corrected chi connectivity index (χ3v) is 7.62. The molecule has 4 nitrogen and oxygen atoms in total. The number of aromatic nitrogens is 1. The third-order valence-electron chi connectivity index (χ3n) is 4.36. The largest absolute Gasteiger partial charge is 0.239 e. The van der Waals surface area contributed by atoms with Crippen LogP contribution < -0.4 is 4.72 Å². The summed E-state index contributed by atoms with van der Waals surface area (Å²) in [7, 11) is -3.54. The lowest BCUT2D eigenvalue weighted by Crippen LogP contribution is -2.31. The number of sulfonamides is 1. The molecule has 2 aromatic heterocycles. The zero-order chi connectivity index (χ0) is 20.1. The fourth-order valence-corrected chi connectivity index (χ4v) is 6.05. The summed E-state index contributed by atoms with van der Waals surface area (Å²) in [5, 5.41) is 4.86. The van der Waals surface area contributed by atoms with Crippen LogP contribution in [0.4, 0.5) is 0 Å². The van der Waals surface area contributed by atoms with E-state index in [2.05, 4.69) is 10.8 Å². The molecule has 1 atom stereocenters. The van der Waals surface area contributed by atoms with Crippen molar-refractivity contribution in [2.24, 2.45) is 0 Å². The Labute approximate surface area is 179 Å². The Morgan fingerprint density at radius 3 is 2.48 bits per heavy atom. The third kappa shape index (κ3) is 5.39.